The summed E-state index contributed by atoms with van der Waals surface area (Å²) in [5.74, 6) is -0.918. The number of aromatic carboxylic acids is 1. The van der Waals surface area contributed by atoms with Gasteiger partial charge in [0, 0.05) is 22.3 Å². The zero-order chi connectivity index (χ0) is 21.8. The van der Waals surface area contributed by atoms with E-state index in [-0.39, 0.29) is 28.4 Å². The molecule has 0 aliphatic carbocycles. The summed E-state index contributed by atoms with van der Waals surface area (Å²) in [4.78, 5) is 28.9. The van der Waals surface area contributed by atoms with Gasteiger partial charge in [-0.1, -0.05) is 48.0 Å². The van der Waals surface area contributed by atoms with E-state index in [2.05, 4.69) is 4.98 Å². The van der Waals surface area contributed by atoms with E-state index in [9.17, 15) is 14.7 Å². The Kier molecular flexibility index (Phi) is 5.78. The molecule has 0 radical (unpaired) electrons. The number of rotatable bonds is 6. The third-order valence-corrected chi connectivity index (χ3v) is 4.83. The lowest BCUT2D eigenvalue weighted by Crippen LogP contribution is -2.07. The van der Waals surface area contributed by atoms with Gasteiger partial charge in [-0.05, 0) is 54.1 Å². The smallest absolute Gasteiger partial charge is 0.339 e. The van der Waals surface area contributed by atoms with Crippen molar-refractivity contribution in [3.8, 4) is 22.6 Å². The molecule has 4 rings (SSSR count). The minimum Gasteiger partial charge on any atom is -0.478 e. The van der Waals surface area contributed by atoms with Crippen LogP contribution in [0, 0.1) is 0 Å². The van der Waals surface area contributed by atoms with Gasteiger partial charge in [-0.15, -0.1) is 0 Å². The third-order valence-electron chi connectivity index (χ3n) is 4.60. The standard InChI is InChI=1S/C25H16ClNO4/c26-19-6-4-5-16(13-19)18-9-11-22(27-15-18)24(28)17-10-12-23(21(14-17)25(29)30)31-20-7-2-1-3-8-20/h1-15H,(H,29,30). The number of halogens is 1. The van der Waals surface area contributed by atoms with Gasteiger partial charge in [0.1, 0.15) is 22.8 Å². The summed E-state index contributed by atoms with van der Waals surface area (Å²) in [5, 5.41) is 10.2. The second-order valence-electron chi connectivity index (χ2n) is 6.70. The molecular weight excluding hydrogens is 414 g/mol. The first-order chi connectivity index (χ1) is 15.0. The lowest BCUT2D eigenvalue weighted by Gasteiger charge is -2.10. The Morgan fingerprint density at radius 3 is 2.32 bits per heavy atom. The van der Waals surface area contributed by atoms with Crippen LogP contribution in [0.15, 0.2) is 91.1 Å². The fourth-order valence-electron chi connectivity index (χ4n) is 3.06. The minimum atomic E-state index is -1.19. The monoisotopic (exact) mass is 429 g/mol. The predicted molar refractivity (Wildman–Crippen MR) is 118 cm³/mol. The zero-order valence-corrected chi connectivity index (χ0v) is 16.9. The van der Waals surface area contributed by atoms with Crippen molar-refractivity contribution >= 4 is 23.4 Å². The Balaban J connectivity index is 1.61. The molecule has 152 valence electrons. The maximum absolute atomic E-state index is 12.9. The molecule has 0 amide bonds. The lowest BCUT2D eigenvalue weighted by molar-refractivity contribution is 0.0694. The molecule has 5 nitrogen and oxygen atoms in total. The summed E-state index contributed by atoms with van der Waals surface area (Å²) < 4.78 is 5.67. The van der Waals surface area contributed by atoms with Gasteiger partial charge in [-0.3, -0.25) is 9.78 Å². The number of ketones is 1. The van der Waals surface area contributed by atoms with Crippen molar-refractivity contribution in [2.75, 3.05) is 0 Å². The average Bonchev–Trinajstić information content (AvgIpc) is 2.79. The molecule has 1 N–H and O–H groups in total. The van der Waals surface area contributed by atoms with Crippen LogP contribution in [-0.2, 0) is 0 Å². The fraction of sp³-hybridized carbons (Fsp3) is 0. The molecule has 0 atom stereocenters. The number of pyridine rings is 1. The van der Waals surface area contributed by atoms with Crippen molar-refractivity contribution in [1.29, 1.82) is 0 Å². The molecular formula is C25H16ClNO4. The Bertz CT molecular complexity index is 1250. The van der Waals surface area contributed by atoms with Crippen LogP contribution in [-0.4, -0.2) is 21.8 Å². The molecule has 31 heavy (non-hydrogen) atoms. The number of para-hydroxylation sites is 1. The van der Waals surface area contributed by atoms with Crippen molar-refractivity contribution in [2.24, 2.45) is 0 Å². The second-order valence-corrected chi connectivity index (χ2v) is 7.14. The first-order valence-electron chi connectivity index (χ1n) is 9.38. The summed E-state index contributed by atoms with van der Waals surface area (Å²) >= 11 is 6.03. The average molecular weight is 430 g/mol. The van der Waals surface area contributed by atoms with Crippen molar-refractivity contribution in [1.82, 2.24) is 4.98 Å². The number of carbonyl (C=O) groups is 2. The molecule has 0 saturated carbocycles. The SMILES string of the molecule is O=C(c1ccc(Oc2ccccc2)c(C(=O)O)c1)c1ccc(-c2cccc(Cl)c2)cn1. The van der Waals surface area contributed by atoms with Gasteiger partial charge >= 0.3 is 5.97 Å². The van der Waals surface area contributed by atoms with Crippen molar-refractivity contribution < 1.29 is 19.4 Å². The van der Waals surface area contributed by atoms with Gasteiger partial charge in [0.15, 0.2) is 0 Å². The number of hydrogen-bond donors (Lipinski definition) is 1. The number of hydrogen-bond acceptors (Lipinski definition) is 4. The quantitative estimate of drug-likeness (QED) is 0.373. The van der Waals surface area contributed by atoms with Gasteiger partial charge in [0.2, 0.25) is 5.78 Å². The normalized spacial score (nSPS) is 10.5. The molecule has 1 heterocycles. The van der Waals surface area contributed by atoms with Gasteiger partial charge < -0.3 is 9.84 Å². The molecule has 0 unspecified atom stereocenters. The number of carboxylic acid groups (broad SMARTS) is 1. The number of benzene rings is 3. The Morgan fingerprint density at radius 1 is 0.839 bits per heavy atom. The number of nitrogens with zero attached hydrogens (tertiary/aromatic N) is 1. The van der Waals surface area contributed by atoms with Gasteiger partial charge in [-0.2, -0.15) is 0 Å². The third kappa shape index (κ3) is 4.63. The van der Waals surface area contributed by atoms with Crippen molar-refractivity contribution in [3.05, 3.63) is 113 Å². The molecule has 0 aliphatic rings. The van der Waals surface area contributed by atoms with Crippen LogP contribution in [0.3, 0.4) is 0 Å². The number of ether oxygens (including phenoxy) is 1. The molecule has 0 spiro atoms. The highest BCUT2D eigenvalue weighted by atomic mass is 35.5. The van der Waals surface area contributed by atoms with E-state index in [0.717, 1.165) is 11.1 Å². The molecule has 3 aromatic carbocycles. The van der Waals surface area contributed by atoms with E-state index < -0.39 is 5.97 Å². The Hall–Kier alpha value is -3.96. The van der Waals surface area contributed by atoms with Crippen molar-refractivity contribution in [2.45, 2.75) is 0 Å². The highest BCUT2D eigenvalue weighted by Crippen LogP contribution is 2.27. The van der Waals surface area contributed by atoms with Crippen LogP contribution < -0.4 is 4.74 Å². The summed E-state index contributed by atoms with van der Waals surface area (Å²) in [6, 6.07) is 23.8. The van der Waals surface area contributed by atoms with E-state index in [1.165, 1.54) is 18.2 Å². The molecule has 0 saturated heterocycles. The van der Waals surface area contributed by atoms with Crippen LogP contribution in [0.25, 0.3) is 11.1 Å². The van der Waals surface area contributed by atoms with Crippen LogP contribution in [0.4, 0.5) is 0 Å². The van der Waals surface area contributed by atoms with Crippen LogP contribution in [0.1, 0.15) is 26.4 Å². The van der Waals surface area contributed by atoms with E-state index in [4.69, 9.17) is 16.3 Å². The van der Waals surface area contributed by atoms with E-state index >= 15 is 0 Å². The molecule has 0 aliphatic heterocycles. The van der Waals surface area contributed by atoms with Gasteiger partial charge in [-0.25, -0.2) is 4.79 Å². The zero-order valence-electron chi connectivity index (χ0n) is 16.2. The van der Waals surface area contributed by atoms with Crippen LogP contribution in [0.2, 0.25) is 5.02 Å². The van der Waals surface area contributed by atoms with Gasteiger partial charge in [0.05, 0.1) is 0 Å². The molecule has 0 fully saturated rings. The highest BCUT2D eigenvalue weighted by molar-refractivity contribution is 6.30. The van der Waals surface area contributed by atoms with E-state index in [1.807, 2.05) is 24.3 Å². The van der Waals surface area contributed by atoms with Crippen LogP contribution in [0.5, 0.6) is 11.5 Å². The summed E-state index contributed by atoms with van der Waals surface area (Å²) in [6.07, 6.45) is 1.59. The van der Waals surface area contributed by atoms with Crippen molar-refractivity contribution in [3.63, 3.8) is 0 Å². The fourth-order valence-corrected chi connectivity index (χ4v) is 3.25. The lowest BCUT2D eigenvalue weighted by atomic mass is 10.0. The maximum atomic E-state index is 12.9. The molecule has 4 aromatic rings. The topological polar surface area (TPSA) is 76.5 Å². The molecule has 1 aromatic heterocycles. The Morgan fingerprint density at radius 2 is 1.65 bits per heavy atom. The van der Waals surface area contributed by atoms with Crippen LogP contribution >= 0.6 is 11.6 Å². The summed E-state index contributed by atoms with van der Waals surface area (Å²) in [6.45, 7) is 0. The summed E-state index contributed by atoms with van der Waals surface area (Å²) in [5.41, 5.74) is 2.01. The second kappa shape index (κ2) is 8.81. The first kappa shape index (κ1) is 20.3. The highest BCUT2D eigenvalue weighted by Gasteiger charge is 2.18. The van der Waals surface area contributed by atoms with Gasteiger partial charge in [0.25, 0.3) is 0 Å². The number of aromatic nitrogens is 1. The largest absolute Gasteiger partial charge is 0.478 e. The number of carboxylic acids is 1. The summed E-state index contributed by atoms with van der Waals surface area (Å²) in [7, 11) is 0. The number of carbonyl (C=O) groups excluding carboxylic acids is 1. The molecule has 0 bridgehead atoms. The van der Waals surface area contributed by atoms with E-state index in [0.29, 0.717) is 10.8 Å². The molecule has 6 heteroatoms. The predicted octanol–water partition coefficient (Wildman–Crippen LogP) is 6.12. The Labute approximate surface area is 183 Å². The minimum absolute atomic E-state index is 0.106. The first-order valence-corrected chi connectivity index (χ1v) is 9.76. The maximum Gasteiger partial charge on any atom is 0.339 e. The van der Waals surface area contributed by atoms with E-state index in [1.54, 1.807) is 48.7 Å².